The van der Waals surface area contributed by atoms with Crippen molar-refractivity contribution in [1.29, 1.82) is 0 Å². The Hall–Kier alpha value is -1.42. The van der Waals surface area contributed by atoms with Gasteiger partial charge in [0.1, 0.15) is 0 Å². The smallest absolute Gasteiger partial charge is 0.253 e. The fourth-order valence-corrected chi connectivity index (χ4v) is 2.04. The van der Waals surface area contributed by atoms with E-state index in [-0.39, 0.29) is 11.9 Å². The number of nitrogens with one attached hydrogen (secondary N) is 1. The molecule has 4 heteroatoms. The Balaban J connectivity index is 2.08. The normalized spacial score (nSPS) is 16.6. The maximum absolute atomic E-state index is 12.1. The standard InChI is InChI=1S/C13H19N3O/c1-8-3-6-11(9(2)15-8)13(17)16-12(7-14)10-4-5-10/h3,6,10,12H,4-5,7,14H2,1-2H3,(H,16,17). The predicted octanol–water partition coefficient (Wildman–Crippen LogP) is 1.17. The molecule has 4 nitrogen and oxygen atoms in total. The molecule has 1 aliphatic carbocycles. The summed E-state index contributed by atoms with van der Waals surface area (Å²) in [5.41, 5.74) is 8.02. The van der Waals surface area contributed by atoms with Crippen molar-refractivity contribution in [3.05, 3.63) is 29.1 Å². The molecule has 1 aromatic heterocycles. The van der Waals surface area contributed by atoms with E-state index in [2.05, 4.69) is 10.3 Å². The number of amides is 1. The summed E-state index contributed by atoms with van der Waals surface area (Å²) in [6, 6.07) is 3.80. The van der Waals surface area contributed by atoms with Gasteiger partial charge in [-0.05, 0) is 44.7 Å². The third-order valence-corrected chi connectivity index (χ3v) is 3.23. The fraction of sp³-hybridized carbons (Fsp3) is 0.538. The van der Waals surface area contributed by atoms with Crippen LogP contribution in [0.15, 0.2) is 12.1 Å². The zero-order chi connectivity index (χ0) is 12.4. The second kappa shape index (κ2) is 4.84. The lowest BCUT2D eigenvalue weighted by Gasteiger charge is -2.16. The molecular formula is C13H19N3O. The van der Waals surface area contributed by atoms with Crippen LogP contribution in [0.2, 0.25) is 0 Å². The quantitative estimate of drug-likeness (QED) is 0.820. The van der Waals surface area contributed by atoms with Gasteiger partial charge >= 0.3 is 0 Å². The number of aryl methyl sites for hydroxylation is 2. The molecule has 1 aliphatic rings. The number of pyridine rings is 1. The number of hydrogen-bond acceptors (Lipinski definition) is 3. The van der Waals surface area contributed by atoms with Gasteiger partial charge in [-0.1, -0.05) is 0 Å². The maximum Gasteiger partial charge on any atom is 0.253 e. The lowest BCUT2D eigenvalue weighted by atomic mass is 10.1. The predicted molar refractivity (Wildman–Crippen MR) is 66.7 cm³/mol. The number of nitrogens with zero attached hydrogens (tertiary/aromatic N) is 1. The minimum Gasteiger partial charge on any atom is -0.348 e. The van der Waals surface area contributed by atoms with Crippen molar-refractivity contribution in [2.24, 2.45) is 11.7 Å². The summed E-state index contributed by atoms with van der Waals surface area (Å²) in [5.74, 6) is 0.514. The van der Waals surface area contributed by atoms with Crippen LogP contribution >= 0.6 is 0 Å². The Morgan fingerprint density at radius 3 is 2.76 bits per heavy atom. The van der Waals surface area contributed by atoms with Crippen LogP contribution in [0.4, 0.5) is 0 Å². The molecule has 1 atom stereocenters. The molecule has 0 bridgehead atoms. The highest BCUT2D eigenvalue weighted by Crippen LogP contribution is 2.32. The van der Waals surface area contributed by atoms with Gasteiger partial charge in [0.25, 0.3) is 5.91 Å². The van der Waals surface area contributed by atoms with E-state index in [1.807, 2.05) is 26.0 Å². The number of nitrogens with two attached hydrogens (primary N) is 1. The molecule has 1 saturated carbocycles. The van der Waals surface area contributed by atoms with Gasteiger partial charge in [0.05, 0.1) is 11.3 Å². The molecule has 1 amide bonds. The van der Waals surface area contributed by atoms with Gasteiger partial charge in [0, 0.05) is 18.3 Å². The molecule has 1 fully saturated rings. The third kappa shape index (κ3) is 2.82. The number of hydrogen-bond donors (Lipinski definition) is 2. The van der Waals surface area contributed by atoms with Gasteiger partial charge in [-0.15, -0.1) is 0 Å². The first-order valence-corrected chi connectivity index (χ1v) is 6.07. The van der Waals surface area contributed by atoms with Gasteiger partial charge < -0.3 is 11.1 Å². The number of carbonyl (C=O) groups is 1. The summed E-state index contributed by atoms with van der Waals surface area (Å²) in [6.45, 7) is 4.28. The maximum atomic E-state index is 12.1. The van der Waals surface area contributed by atoms with Crippen molar-refractivity contribution in [2.75, 3.05) is 6.54 Å². The van der Waals surface area contributed by atoms with Gasteiger partial charge in [-0.25, -0.2) is 0 Å². The summed E-state index contributed by atoms with van der Waals surface area (Å²) in [6.07, 6.45) is 2.35. The first-order valence-electron chi connectivity index (χ1n) is 6.07. The van der Waals surface area contributed by atoms with E-state index in [1.54, 1.807) is 0 Å². The molecule has 0 aliphatic heterocycles. The molecule has 0 spiro atoms. The van der Waals surface area contributed by atoms with Gasteiger partial charge in [-0.3, -0.25) is 9.78 Å². The van der Waals surface area contributed by atoms with Crippen LogP contribution in [0.3, 0.4) is 0 Å². The van der Waals surface area contributed by atoms with E-state index >= 15 is 0 Å². The Kier molecular flexibility index (Phi) is 3.43. The molecule has 1 aromatic rings. The molecule has 92 valence electrons. The first-order chi connectivity index (χ1) is 8.11. The van der Waals surface area contributed by atoms with E-state index in [9.17, 15) is 4.79 Å². The SMILES string of the molecule is Cc1ccc(C(=O)NC(CN)C2CC2)c(C)n1. The number of rotatable bonds is 4. The van der Waals surface area contributed by atoms with E-state index in [1.165, 1.54) is 12.8 Å². The van der Waals surface area contributed by atoms with E-state index in [0.717, 1.165) is 11.4 Å². The summed E-state index contributed by atoms with van der Waals surface area (Å²) in [4.78, 5) is 16.4. The highest BCUT2D eigenvalue weighted by molar-refractivity contribution is 5.95. The van der Waals surface area contributed by atoms with Gasteiger partial charge in [0.15, 0.2) is 0 Å². The monoisotopic (exact) mass is 233 g/mol. The Morgan fingerprint density at radius 2 is 2.24 bits per heavy atom. The van der Waals surface area contributed by atoms with Crippen LogP contribution in [0.1, 0.15) is 34.6 Å². The highest BCUT2D eigenvalue weighted by atomic mass is 16.1. The molecule has 0 aromatic carbocycles. The van der Waals surface area contributed by atoms with Crippen molar-refractivity contribution in [2.45, 2.75) is 32.7 Å². The lowest BCUT2D eigenvalue weighted by molar-refractivity contribution is 0.0932. The largest absolute Gasteiger partial charge is 0.348 e. The second-order valence-electron chi connectivity index (χ2n) is 4.74. The average molecular weight is 233 g/mol. The molecule has 17 heavy (non-hydrogen) atoms. The van der Waals surface area contributed by atoms with E-state index < -0.39 is 0 Å². The molecule has 0 radical (unpaired) electrons. The number of aromatic nitrogens is 1. The molecule has 1 unspecified atom stereocenters. The van der Waals surface area contributed by atoms with Crippen LogP contribution in [0.5, 0.6) is 0 Å². The minimum atomic E-state index is -0.0580. The van der Waals surface area contributed by atoms with Crippen molar-refractivity contribution in [3.8, 4) is 0 Å². The summed E-state index contributed by atoms with van der Waals surface area (Å²) in [7, 11) is 0. The second-order valence-corrected chi connectivity index (χ2v) is 4.74. The average Bonchev–Trinajstić information content (AvgIpc) is 3.09. The van der Waals surface area contributed by atoms with Gasteiger partial charge in [0.2, 0.25) is 0 Å². The first kappa shape index (κ1) is 12.0. The summed E-state index contributed by atoms with van der Waals surface area (Å²) >= 11 is 0. The molecule has 3 N–H and O–H groups in total. The molecule has 1 heterocycles. The highest BCUT2D eigenvalue weighted by Gasteiger charge is 2.31. The zero-order valence-electron chi connectivity index (χ0n) is 10.4. The summed E-state index contributed by atoms with van der Waals surface area (Å²) in [5, 5.41) is 3.00. The van der Waals surface area contributed by atoms with E-state index in [0.29, 0.717) is 18.0 Å². The Labute approximate surface area is 102 Å². The van der Waals surface area contributed by atoms with Crippen molar-refractivity contribution < 1.29 is 4.79 Å². The Morgan fingerprint density at radius 1 is 1.53 bits per heavy atom. The van der Waals surface area contributed by atoms with Crippen LogP contribution in [-0.2, 0) is 0 Å². The zero-order valence-corrected chi connectivity index (χ0v) is 10.4. The van der Waals surface area contributed by atoms with E-state index in [4.69, 9.17) is 5.73 Å². The molecular weight excluding hydrogens is 214 g/mol. The van der Waals surface area contributed by atoms with Crippen LogP contribution in [-0.4, -0.2) is 23.5 Å². The molecule has 2 rings (SSSR count). The van der Waals surface area contributed by atoms with Gasteiger partial charge in [-0.2, -0.15) is 0 Å². The minimum absolute atomic E-state index is 0.0580. The van der Waals surface area contributed by atoms with Crippen molar-refractivity contribution in [1.82, 2.24) is 10.3 Å². The number of carbonyl (C=O) groups excluding carboxylic acids is 1. The Bertz CT molecular complexity index is 427. The van der Waals surface area contributed by atoms with Crippen LogP contribution in [0.25, 0.3) is 0 Å². The lowest BCUT2D eigenvalue weighted by Crippen LogP contribution is -2.42. The van der Waals surface area contributed by atoms with Crippen LogP contribution < -0.4 is 11.1 Å². The van der Waals surface area contributed by atoms with Crippen molar-refractivity contribution in [3.63, 3.8) is 0 Å². The summed E-state index contributed by atoms with van der Waals surface area (Å²) < 4.78 is 0. The molecule has 0 saturated heterocycles. The topological polar surface area (TPSA) is 68.0 Å². The third-order valence-electron chi connectivity index (χ3n) is 3.23. The van der Waals surface area contributed by atoms with Crippen LogP contribution in [0, 0.1) is 19.8 Å². The fourth-order valence-electron chi connectivity index (χ4n) is 2.04. The van der Waals surface area contributed by atoms with Crippen molar-refractivity contribution >= 4 is 5.91 Å².